The van der Waals surface area contributed by atoms with E-state index >= 15 is 0 Å². The molecule has 0 aromatic carbocycles. The number of nitrogens with two attached hydrogens (primary N) is 1. The summed E-state index contributed by atoms with van der Waals surface area (Å²) in [5, 5.41) is 4.49. The molecule has 3 unspecified atom stereocenters. The molecule has 2 N–H and O–H groups in total. The maximum absolute atomic E-state index is 5.92. The summed E-state index contributed by atoms with van der Waals surface area (Å²) in [4.78, 5) is 0. The Morgan fingerprint density at radius 2 is 2.25 bits per heavy atom. The van der Waals surface area contributed by atoms with Gasteiger partial charge in [-0.05, 0) is 64.0 Å². The van der Waals surface area contributed by atoms with Crippen LogP contribution in [-0.4, -0.2) is 6.54 Å². The van der Waals surface area contributed by atoms with Crippen LogP contribution in [0.4, 0.5) is 0 Å². The molecule has 0 spiro atoms. The normalized spacial score (nSPS) is 30.6. The van der Waals surface area contributed by atoms with Gasteiger partial charge < -0.3 is 5.73 Å². The van der Waals surface area contributed by atoms with Crippen LogP contribution in [0.15, 0.2) is 15.2 Å². The molecule has 1 aromatic heterocycles. The number of hydrogen-bond donors (Lipinski definition) is 1. The second-order valence-electron chi connectivity index (χ2n) is 4.86. The molecule has 2 rings (SSSR count). The molecule has 1 nitrogen and oxygen atoms in total. The van der Waals surface area contributed by atoms with Crippen LogP contribution in [0.1, 0.15) is 44.1 Å². The van der Waals surface area contributed by atoms with Crippen molar-refractivity contribution in [1.82, 2.24) is 0 Å². The van der Waals surface area contributed by atoms with Crippen molar-refractivity contribution in [3.05, 3.63) is 20.8 Å². The second-order valence-corrected chi connectivity index (χ2v) is 6.46. The first-order chi connectivity index (χ1) is 7.76. The van der Waals surface area contributed by atoms with Crippen molar-refractivity contribution in [2.45, 2.75) is 38.5 Å². The van der Waals surface area contributed by atoms with E-state index in [-0.39, 0.29) is 0 Å². The molecule has 16 heavy (non-hydrogen) atoms. The summed E-state index contributed by atoms with van der Waals surface area (Å²) >= 11 is 5.46. The number of rotatable bonds is 3. The van der Waals surface area contributed by atoms with E-state index < -0.39 is 0 Å². The van der Waals surface area contributed by atoms with Crippen LogP contribution in [0.3, 0.4) is 0 Å². The molecule has 0 saturated heterocycles. The van der Waals surface area contributed by atoms with Gasteiger partial charge in [-0.3, -0.25) is 0 Å². The topological polar surface area (TPSA) is 26.0 Å². The molecule has 0 bridgehead atoms. The summed E-state index contributed by atoms with van der Waals surface area (Å²) in [6, 6.07) is 0. The summed E-state index contributed by atoms with van der Waals surface area (Å²) in [5.41, 5.74) is 7.42. The Hall–Kier alpha value is 0.140. The SMILES string of the molecule is CCC1CCC(CN)C(c2cscc2Br)C1. The lowest BCUT2D eigenvalue weighted by Crippen LogP contribution is -2.28. The molecular weight excluding hydrogens is 282 g/mol. The van der Waals surface area contributed by atoms with Crippen LogP contribution >= 0.6 is 27.3 Å². The van der Waals surface area contributed by atoms with E-state index in [9.17, 15) is 0 Å². The predicted octanol–water partition coefficient (Wildman–Crippen LogP) is 4.38. The first-order valence-electron chi connectivity index (χ1n) is 6.17. The van der Waals surface area contributed by atoms with Gasteiger partial charge in [0.2, 0.25) is 0 Å². The molecule has 90 valence electrons. The predicted molar refractivity (Wildman–Crippen MR) is 74.9 cm³/mol. The first-order valence-corrected chi connectivity index (χ1v) is 7.91. The van der Waals surface area contributed by atoms with E-state index in [2.05, 4.69) is 33.6 Å². The standard InChI is InChI=1S/C13H20BrNS/c1-2-9-3-4-10(6-15)11(5-9)12-7-16-8-13(12)14/h7-11H,2-6,15H2,1H3. The highest BCUT2D eigenvalue weighted by molar-refractivity contribution is 9.10. The quantitative estimate of drug-likeness (QED) is 0.881. The molecule has 0 amide bonds. The molecule has 3 atom stereocenters. The van der Waals surface area contributed by atoms with Gasteiger partial charge in [-0.25, -0.2) is 0 Å². The van der Waals surface area contributed by atoms with Crippen molar-refractivity contribution in [3.8, 4) is 0 Å². The van der Waals surface area contributed by atoms with Crippen LogP contribution in [0, 0.1) is 11.8 Å². The molecule has 1 aromatic rings. The van der Waals surface area contributed by atoms with Crippen molar-refractivity contribution in [3.63, 3.8) is 0 Å². The Bertz CT molecular complexity index is 336. The van der Waals surface area contributed by atoms with Crippen LogP contribution in [0.25, 0.3) is 0 Å². The number of halogens is 1. The highest BCUT2D eigenvalue weighted by Gasteiger charge is 2.31. The molecule has 1 aliphatic rings. The molecule has 0 aliphatic heterocycles. The smallest absolute Gasteiger partial charge is 0.0317 e. The highest BCUT2D eigenvalue weighted by Crippen LogP contribution is 2.44. The highest BCUT2D eigenvalue weighted by atomic mass is 79.9. The van der Waals surface area contributed by atoms with Crippen molar-refractivity contribution >= 4 is 27.3 Å². The zero-order valence-electron chi connectivity index (χ0n) is 9.79. The zero-order valence-corrected chi connectivity index (χ0v) is 12.2. The third kappa shape index (κ3) is 2.52. The van der Waals surface area contributed by atoms with Crippen LogP contribution < -0.4 is 5.73 Å². The molecule has 1 fully saturated rings. The zero-order chi connectivity index (χ0) is 11.5. The summed E-state index contributed by atoms with van der Waals surface area (Å²) in [6.07, 6.45) is 5.32. The minimum absolute atomic E-state index is 0.685. The maximum Gasteiger partial charge on any atom is 0.0317 e. The van der Waals surface area contributed by atoms with Crippen molar-refractivity contribution in [1.29, 1.82) is 0 Å². The minimum Gasteiger partial charge on any atom is -0.330 e. The Labute approximate surface area is 111 Å². The lowest BCUT2D eigenvalue weighted by molar-refractivity contribution is 0.236. The molecule has 1 aliphatic carbocycles. The fourth-order valence-electron chi connectivity index (χ4n) is 2.91. The molecular formula is C13H20BrNS. The third-order valence-electron chi connectivity index (χ3n) is 4.02. The average Bonchev–Trinajstić information content (AvgIpc) is 2.74. The van der Waals surface area contributed by atoms with Gasteiger partial charge in [-0.2, -0.15) is 11.3 Å². The van der Waals surface area contributed by atoms with Gasteiger partial charge in [0.25, 0.3) is 0 Å². The summed E-state index contributed by atoms with van der Waals surface area (Å²) in [5.74, 6) is 2.28. The number of thiophene rings is 1. The largest absolute Gasteiger partial charge is 0.330 e. The van der Waals surface area contributed by atoms with E-state index in [1.165, 1.54) is 35.7 Å². The van der Waals surface area contributed by atoms with Gasteiger partial charge in [-0.15, -0.1) is 0 Å². The van der Waals surface area contributed by atoms with Gasteiger partial charge >= 0.3 is 0 Å². The Morgan fingerprint density at radius 3 is 2.81 bits per heavy atom. The maximum atomic E-state index is 5.92. The van der Waals surface area contributed by atoms with Gasteiger partial charge in [0.05, 0.1) is 0 Å². The average molecular weight is 302 g/mol. The fourth-order valence-corrected chi connectivity index (χ4v) is 4.57. The van der Waals surface area contributed by atoms with E-state index in [1.54, 1.807) is 11.3 Å². The minimum atomic E-state index is 0.685. The van der Waals surface area contributed by atoms with Crippen molar-refractivity contribution < 1.29 is 0 Å². The Balaban J connectivity index is 2.18. The lowest BCUT2D eigenvalue weighted by Gasteiger charge is -2.35. The van der Waals surface area contributed by atoms with E-state index in [1.807, 2.05) is 0 Å². The van der Waals surface area contributed by atoms with E-state index in [0.717, 1.165) is 12.5 Å². The molecule has 1 saturated carbocycles. The Kier molecular flexibility index (Phi) is 4.45. The van der Waals surface area contributed by atoms with Crippen LogP contribution in [0.2, 0.25) is 0 Å². The van der Waals surface area contributed by atoms with Crippen molar-refractivity contribution in [2.24, 2.45) is 17.6 Å². The first kappa shape index (κ1) is 12.6. The van der Waals surface area contributed by atoms with Gasteiger partial charge in [0.1, 0.15) is 0 Å². The van der Waals surface area contributed by atoms with Crippen LogP contribution in [0.5, 0.6) is 0 Å². The molecule has 3 heteroatoms. The third-order valence-corrected chi connectivity index (χ3v) is 5.78. The fraction of sp³-hybridized carbons (Fsp3) is 0.692. The Morgan fingerprint density at radius 1 is 1.44 bits per heavy atom. The molecule has 0 radical (unpaired) electrons. The summed E-state index contributed by atoms with van der Waals surface area (Å²) in [7, 11) is 0. The summed E-state index contributed by atoms with van der Waals surface area (Å²) in [6.45, 7) is 3.15. The second kappa shape index (κ2) is 5.65. The van der Waals surface area contributed by atoms with Crippen molar-refractivity contribution in [2.75, 3.05) is 6.54 Å². The van der Waals surface area contributed by atoms with Crippen LogP contribution in [-0.2, 0) is 0 Å². The van der Waals surface area contributed by atoms with Gasteiger partial charge in [0, 0.05) is 9.85 Å². The summed E-state index contributed by atoms with van der Waals surface area (Å²) < 4.78 is 1.29. The van der Waals surface area contributed by atoms with E-state index in [0.29, 0.717) is 11.8 Å². The lowest BCUT2D eigenvalue weighted by atomic mass is 9.71. The van der Waals surface area contributed by atoms with Gasteiger partial charge in [-0.1, -0.05) is 19.8 Å². The van der Waals surface area contributed by atoms with Gasteiger partial charge in [0.15, 0.2) is 0 Å². The van der Waals surface area contributed by atoms with E-state index in [4.69, 9.17) is 5.73 Å². The monoisotopic (exact) mass is 301 g/mol. The number of hydrogen-bond acceptors (Lipinski definition) is 2. The molecule has 1 heterocycles.